The summed E-state index contributed by atoms with van der Waals surface area (Å²) < 4.78 is 155. The van der Waals surface area contributed by atoms with E-state index in [1.807, 2.05) is 29.6 Å². The lowest BCUT2D eigenvalue weighted by molar-refractivity contribution is -0.129. The second kappa shape index (κ2) is 32.2. The van der Waals surface area contributed by atoms with Crippen molar-refractivity contribution in [3.05, 3.63) is 190 Å². The first-order chi connectivity index (χ1) is 47.0. The van der Waals surface area contributed by atoms with Crippen molar-refractivity contribution in [3.63, 3.8) is 0 Å². The van der Waals surface area contributed by atoms with E-state index in [9.17, 15) is 71.1 Å². The molecule has 4 aliphatic rings. The van der Waals surface area contributed by atoms with Crippen LogP contribution in [0.2, 0.25) is 0 Å². The van der Waals surface area contributed by atoms with Gasteiger partial charge >= 0.3 is 6.18 Å². The number of nitrogens with one attached hydrogen (secondary N) is 4. The Morgan fingerprint density at radius 2 is 0.822 bits per heavy atom. The van der Waals surface area contributed by atoms with Gasteiger partial charge in [-0.1, -0.05) is 127 Å². The maximum atomic E-state index is 13.1. The molecule has 5 aromatic rings. The van der Waals surface area contributed by atoms with Crippen LogP contribution in [0.3, 0.4) is 0 Å². The van der Waals surface area contributed by atoms with Crippen LogP contribution in [-0.4, -0.2) is 167 Å². The second-order valence-electron chi connectivity index (χ2n) is 26.1. The number of nitrogens with zero attached hydrogens (tertiary/aromatic N) is 5. The summed E-state index contributed by atoms with van der Waals surface area (Å²) in [5.74, 6) is -1.54. The summed E-state index contributed by atoms with van der Waals surface area (Å²) in [6, 6.07) is 40.2. The minimum absolute atomic E-state index is 0.0223. The van der Waals surface area contributed by atoms with E-state index in [1.165, 1.54) is 32.9 Å². The molecule has 546 valence electrons. The number of ether oxygens (including phenoxy) is 2. The summed E-state index contributed by atoms with van der Waals surface area (Å²) in [5.41, 5.74) is -0.998. The van der Waals surface area contributed by atoms with Crippen LogP contribution in [0.1, 0.15) is 110 Å². The fraction of sp³-hybridized carbons (Fsp3) is 0.377. The standard InChI is InChI=1S/C22H26N2O5S.C16H19N3O3S.C16H22N2O5S.C15H17F3N2O3S/c1-15(2)24-22(25)20(21(30(24,26)27)17-8-6-5-7-9-17)23-13-12-16-10-11-18(28-3)19(14-16)29-4;1-16(2,3)19-15(20)13(18-11-7-10-17)14(23(19,21)22)12-8-5-4-6-9-12;1-16(2,3)18-15(21)13(17-9-12(20)10-19)14(24(18,22)23)11-7-5-4-6-8-11;1-14(2,3)20-13(21)11(19-9-15(16,17)18)12(24(20,22)23)10-7-5-4-6-8-10/h5-11,14-15,23H,12-13H2,1-4H3;4-6,8-9,18H,7,11H2,1-3H3;4-8,12,17,19-20H,9-10H2,1-3H3;4-8,19H,9H2,1-3H3. The molecule has 25 nitrogen and oxygen atoms in total. The quantitative estimate of drug-likeness (QED) is 0.0414. The number of carbonyl (C=O) groups excluding carboxylic acids is 4. The topological polar surface area (TPSA) is 349 Å². The number of nitriles is 1. The molecule has 4 heterocycles. The molecule has 0 bridgehead atoms. The molecular weight excluding hydrogens is 1400 g/mol. The summed E-state index contributed by atoms with van der Waals surface area (Å²) in [6.07, 6.45) is -4.95. The van der Waals surface area contributed by atoms with Gasteiger partial charge in [-0.2, -0.15) is 18.4 Å². The molecule has 0 spiro atoms. The van der Waals surface area contributed by atoms with Crippen LogP contribution >= 0.6 is 0 Å². The molecule has 6 N–H and O–H groups in total. The highest BCUT2D eigenvalue weighted by Crippen LogP contribution is 2.43. The molecule has 0 saturated carbocycles. The predicted octanol–water partition coefficient (Wildman–Crippen LogP) is 7.36. The van der Waals surface area contributed by atoms with Crippen LogP contribution in [0.5, 0.6) is 11.5 Å². The first kappa shape index (κ1) is 80.7. The average molecular weight is 1480 g/mol. The summed E-state index contributed by atoms with van der Waals surface area (Å²) in [4.78, 5) is 50.3. The molecule has 32 heteroatoms. The maximum absolute atomic E-state index is 13.1. The third-order valence-electron chi connectivity index (χ3n) is 14.9. The highest BCUT2D eigenvalue weighted by molar-refractivity contribution is 8.00. The van der Waals surface area contributed by atoms with Gasteiger partial charge < -0.3 is 41.0 Å². The van der Waals surface area contributed by atoms with Gasteiger partial charge in [0.2, 0.25) is 0 Å². The number of sulfonamides is 4. The number of benzene rings is 5. The number of carbonyl (C=O) groups is 4. The van der Waals surface area contributed by atoms with Crippen molar-refractivity contribution < 1.29 is 85.7 Å². The van der Waals surface area contributed by atoms with E-state index in [2.05, 4.69) is 16.0 Å². The molecule has 0 radical (unpaired) electrons. The SMILES string of the molecule is CC(C)(C)N1C(=O)C(NCC(F)(F)F)=C(c2ccccc2)S1(=O)=O.CC(C)(C)N1C(=O)C(NCC(O)CO)=C(c2ccccc2)S1(=O)=O.CC(C)(C)N1C(=O)C(NCCC#N)=C(c2ccccc2)S1(=O)=O.COc1ccc(CCNC2=C(c3ccccc3)S(=O)(=O)N(C(C)C)C2=O)cc1OC. The predicted molar refractivity (Wildman–Crippen MR) is 376 cm³/mol. The Labute approximate surface area is 588 Å². The second-order valence-corrected chi connectivity index (χ2v) is 33.0. The third-order valence-corrected chi connectivity index (χ3v) is 23.4. The summed E-state index contributed by atoms with van der Waals surface area (Å²) in [7, 11) is -13.0. The van der Waals surface area contributed by atoms with Crippen molar-refractivity contribution in [2.45, 2.75) is 124 Å². The molecule has 4 amide bonds. The van der Waals surface area contributed by atoms with Gasteiger partial charge in [0.05, 0.1) is 56.0 Å². The minimum atomic E-state index is -4.59. The van der Waals surface area contributed by atoms with Crippen molar-refractivity contribution in [3.8, 4) is 17.6 Å². The number of aliphatic hydroxyl groups excluding tert-OH is 2. The van der Waals surface area contributed by atoms with E-state index < -0.39 is 122 Å². The number of aliphatic hydroxyl groups is 2. The zero-order chi connectivity index (χ0) is 75.6. The maximum Gasteiger partial charge on any atom is 0.405 e. The summed E-state index contributed by atoms with van der Waals surface area (Å²) >= 11 is 0. The Morgan fingerprint density at radius 1 is 0.485 bits per heavy atom. The zero-order valence-corrected chi connectivity index (χ0v) is 61.3. The Bertz CT molecular complexity index is 4530. The molecule has 0 fully saturated rings. The van der Waals surface area contributed by atoms with E-state index in [0.717, 1.165) is 18.5 Å². The van der Waals surface area contributed by atoms with Gasteiger partial charge in [0.25, 0.3) is 63.7 Å². The van der Waals surface area contributed by atoms with Crippen molar-refractivity contribution in [1.29, 1.82) is 5.26 Å². The van der Waals surface area contributed by atoms with Gasteiger partial charge in [0.1, 0.15) is 49.0 Å². The van der Waals surface area contributed by atoms with Crippen LogP contribution in [0.15, 0.2) is 162 Å². The normalized spacial score (nSPS) is 17.4. The van der Waals surface area contributed by atoms with Crippen molar-refractivity contribution >= 4 is 83.3 Å². The lowest BCUT2D eigenvalue weighted by atomic mass is 10.1. The van der Waals surface area contributed by atoms with Gasteiger partial charge in [0.15, 0.2) is 11.5 Å². The van der Waals surface area contributed by atoms with Crippen LogP contribution < -0.4 is 30.7 Å². The molecule has 9 rings (SSSR count). The Balaban J connectivity index is 0.000000213. The summed E-state index contributed by atoms with van der Waals surface area (Å²) in [5, 5.41) is 37.6. The first-order valence-corrected chi connectivity index (χ1v) is 37.2. The number of halogens is 3. The number of amides is 4. The van der Waals surface area contributed by atoms with Crippen molar-refractivity contribution in [2.24, 2.45) is 0 Å². The fourth-order valence-electron chi connectivity index (χ4n) is 10.9. The lowest BCUT2D eigenvalue weighted by Gasteiger charge is -2.30. The van der Waals surface area contributed by atoms with Gasteiger partial charge in [0, 0.05) is 25.7 Å². The Kier molecular flexibility index (Phi) is 25.7. The molecule has 0 aliphatic carbocycles. The number of hydrogen-bond donors (Lipinski definition) is 6. The van der Waals surface area contributed by atoms with E-state index in [1.54, 1.807) is 179 Å². The fourth-order valence-corrected chi connectivity index (χ4v) is 19.0. The lowest BCUT2D eigenvalue weighted by Crippen LogP contribution is -2.47. The molecule has 1 atom stereocenters. The zero-order valence-electron chi connectivity index (χ0n) is 58.0. The average Bonchev–Trinajstić information content (AvgIpc) is 1.61. The monoisotopic (exact) mass is 1480 g/mol. The smallest absolute Gasteiger partial charge is 0.405 e. The van der Waals surface area contributed by atoms with Gasteiger partial charge in [-0.05, 0) is 123 Å². The van der Waals surface area contributed by atoms with E-state index in [-0.39, 0.29) is 56.9 Å². The van der Waals surface area contributed by atoms with E-state index in [4.69, 9.17) is 19.8 Å². The number of rotatable bonds is 20. The number of alkyl halides is 3. The largest absolute Gasteiger partial charge is 0.493 e. The Hall–Kier alpha value is -9.26. The molecule has 0 saturated heterocycles. The first-order valence-electron chi connectivity index (χ1n) is 31.4. The third kappa shape index (κ3) is 18.3. The molecule has 1 unspecified atom stereocenters. The number of hydrogen-bond acceptors (Lipinski definition) is 21. The summed E-state index contributed by atoms with van der Waals surface area (Å²) in [6.45, 7) is 16.2. The van der Waals surface area contributed by atoms with Crippen LogP contribution in [0, 0.1) is 11.3 Å². The van der Waals surface area contributed by atoms with Crippen LogP contribution in [0.4, 0.5) is 13.2 Å². The van der Waals surface area contributed by atoms with Crippen molar-refractivity contribution in [2.75, 3.05) is 47.0 Å². The van der Waals surface area contributed by atoms with Gasteiger partial charge in [-0.3, -0.25) is 19.2 Å². The molecule has 4 aliphatic heterocycles. The Morgan fingerprint density at radius 3 is 1.15 bits per heavy atom. The molecular formula is C69H84F3N9O16S4. The van der Waals surface area contributed by atoms with Gasteiger partial charge in [-0.15, -0.1) is 0 Å². The van der Waals surface area contributed by atoms with E-state index in [0.29, 0.717) is 45.5 Å². The molecule has 101 heavy (non-hydrogen) atoms. The van der Waals surface area contributed by atoms with Crippen LogP contribution in [-0.2, 0) is 65.7 Å². The minimum Gasteiger partial charge on any atom is -0.493 e. The van der Waals surface area contributed by atoms with Crippen molar-refractivity contribution in [1.82, 2.24) is 38.5 Å². The molecule has 5 aromatic carbocycles. The highest BCUT2D eigenvalue weighted by Gasteiger charge is 2.53. The van der Waals surface area contributed by atoms with E-state index >= 15 is 0 Å². The van der Waals surface area contributed by atoms with Gasteiger partial charge in [-0.25, -0.2) is 50.9 Å². The highest BCUT2D eigenvalue weighted by atomic mass is 32.2. The van der Waals surface area contributed by atoms with Crippen LogP contribution in [0.25, 0.3) is 19.6 Å². The molecule has 0 aromatic heterocycles. The number of methoxy groups -OCH3 is 2.